The minimum Gasteiger partial charge on any atom is -0.454 e. The van der Waals surface area contributed by atoms with Crippen molar-refractivity contribution in [3.8, 4) is 11.5 Å². The van der Waals surface area contributed by atoms with Crippen LogP contribution in [0, 0.1) is 5.92 Å². The molecule has 5 heterocycles. The Labute approximate surface area is 165 Å². The van der Waals surface area contributed by atoms with E-state index in [1.807, 2.05) is 24.8 Å². The molecule has 0 saturated carbocycles. The number of likely N-dealkylation sites (tertiary alicyclic amines) is 1. The second-order valence-electron chi connectivity index (χ2n) is 8.66. The minimum atomic E-state index is -0.489. The van der Waals surface area contributed by atoms with Crippen LogP contribution >= 0.6 is 0 Å². The van der Waals surface area contributed by atoms with Crippen LogP contribution in [0.25, 0.3) is 0 Å². The molecule has 2 bridgehead atoms. The standard InChI is InChI=1S/C21H27N3O4/c1-12(2)22-20(25)21(26)24-10-15(14-3-4-16-17(9-14)28-11-27-16)19-18(24)13-5-7-23(19)8-6-13/h3-4,9,12-13,15,18-19H,5-8,10-11H2,1-2H3,(H,22,25)/t15-,18+,19+/m0/s1. The van der Waals surface area contributed by atoms with Gasteiger partial charge in [-0.15, -0.1) is 0 Å². The van der Waals surface area contributed by atoms with E-state index < -0.39 is 5.91 Å². The summed E-state index contributed by atoms with van der Waals surface area (Å²) in [6.45, 7) is 6.74. The van der Waals surface area contributed by atoms with Gasteiger partial charge < -0.3 is 19.7 Å². The Hall–Kier alpha value is -2.28. The number of nitrogens with zero attached hydrogens (tertiary/aromatic N) is 2. The summed E-state index contributed by atoms with van der Waals surface area (Å²) >= 11 is 0. The van der Waals surface area contributed by atoms with E-state index >= 15 is 0 Å². The molecule has 1 aromatic carbocycles. The van der Waals surface area contributed by atoms with Crippen molar-refractivity contribution in [2.45, 2.75) is 50.7 Å². The third-order valence-electron chi connectivity index (χ3n) is 6.69. The number of carbonyl (C=O) groups excluding carboxylic acids is 2. The summed E-state index contributed by atoms with van der Waals surface area (Å²) in [4.78, 5) is 29.9. The average Bonchev–Trinajstić information content (AvgIpc) is 3.33. The summed E-state index contributed by atoms with van der Waals surface area (Å²) in [5, 5.41) is 2.77. The van der Waals surface area contributed by atoms with E-state index in [1.165, 1.54) is 0 Å². The van der Waals surface area contributed by atoms with Gasteiger partial charge in [0.25, 0.3) is 0 Å². The Balaban J connectivity index is 1.47. The van der Waals surface area contributed by atoms with Gasteiger partial charge in [0, 0.05) is 24.5 Å². The first-order chi connectivity index (χ1) is 13.5. The summed E-state index contributed by atoms with van der Waals surface area (Å²) in [5.74, 6) is 1.32. The number of ether oxygens (including phenoxy) is 2. The van der Waals surface area contributed by atoms with E-state index in [9.17, 15) is 9.59 Å². The van der Waals surface area contributed by atoms with Crippen molar-refractivity contribution in [3.05, 3.63) is 23.8 Å². The van der Waals surface area contributed by atoms with Gasteiger partial charge in [-0.2, -0.15) is 0 Å². The summed E-state index contributed by atoms with van der Waals surface area (Å²) in [6.07, 6.45) is 2.20. The summed E-state index contributed by atoms with van der Waals surface area (Å²) in [5.41, 5.74) is 1.16. The van der Waals surface area contributed by atoms with E-state index in [-0.39, 0.29) is 36.7 Å². The third kappa shape index (κ3) is 2.75. The Bertz CT molecular complexity index is 803. The zero-order valence-corrected chi connectivity index (χ0v) is 16.4. The largest absolute Gasteiger partial charge is 0.454 e. The average molecular weight is 385 g/mol. The Kier molecular flexibility index (Phi) is 4.23. The molecule has 150 valence electrons. The van der Waals surface area contributed by atoms with Crippen molar-refractivity contribution in [1.82, 2.24) is 15.1 Å². The first-order valence-electron chi connectivity index (χ1n) is 10.3. The van der Waals surface area contributed by atoms with Gasteiger partial charge in [0.1, 0.15) is 0 Å². The van der Waals surface area contributed by atoms with Crippen molar-refractivity contribution in [1.29, 1.82) is 0 Å². The van der Waals surface area contributed by atoms with E-state index in [4.69, 9.17) is 9.47 Å². The highest BCUT2D eigenvalue weighted by Gasteiger charge is 2.55. The number of hydrogen-bond donors (Lipinski definition) is 1. The maximum Gasteiger partial charge on any atom is 0.312 e. The maximum atomic E-state index is 13.0. The molecule has 6 rings (SSSR count). The number of benzene rings is 1. The molecule has 1 aromatic rings. The molecule has 0 aromatic heterocycles. The van der Waals surface area contributed by atoms with Crippen LogP contribution in [-0.2, 0) is 9.59 Å². The molecule has 3 atom stereocenters. The number of fused-ring (bicyclic) bond motifs is 3. The highest BCUT2D eigenvalue weighted by molar-refractivity contribution is 6.35. The lowest BCUT2D eigenvalue weighted by Gasteiger charge is -2.51. The molecule has 4 fully saturated rings. The first kappa shape index (κ1) is 17.8. The fourth-order valence-electron chi connectivity index (χ4n) is 5.55. The van der Waals surface area contributed by atoms with Crippen molar-refractivity contribution < 1.29 is 19.1 Å². The maximum absolute atomic E-state index is 13.0. The number of hydrogen-bond acceptors (Lipinski definition) is 5. The molecule has 7 nitrogen and oxygen atoms in total. The van der Waals surface area contributed by atoms with Gasteiger partial charge in [0.2, 0.25) is 6.79 Å². The van der Waals surface area contributed by atoms with Crippen LogP contribution in [0.15, 0.2) is 18.2 Å². The van der Waals surface area contributed by atoms with Gasteiger partial charge in [-0.05, 0) is 63.4 Å². The predicted molar refractivity (Wildman–Crippen MR) is 102 cm³/mol. The Morgan fingerprint density at radius 3 is 2.61 bits per heavy atom. The van der Waals surface area contributed by atoms with Crippen molar-refractivity contribution in [2.24, 2.45) is 5.92 Å². The predicted octanol–water partition coefficient (Wildman–Crippen LogP) is 1.33. The smallest absolute Gasteiger partial charge is 0.312 e. The number of piperidine rings is 3. The van der Waals surface area contributed by atoms with Crippen LogP contribution in [0.4, 0.5) is 0 Å². The molecule has 5 aliphatic heterocycles. The molecule has 4 saturated heterocycles. The number of rotatable bonds is 2. The monoisotopic (exact) mass is 385 g/mol. The van der Waals surface area contributed by atoms with Gasteiger partial charge in [0.15, 0.2) is 11.5 Å². The van der Waals surface area contributed by atoms with E-state index in [1.54, 1.807) is 0 Å². The molecule has 0 radical (unpaired) electrons. The Morgan fingerprint density at radius 2 is 1.86 bits per heavy atom. The second kappa shape index (κ2) is 6.65. The molecule has 5 aliphatic rings. The van der Waals surface area contributed by atoms with Crippen LogP contribution in [0.1, 0.15) is 38.2 Å². The van der Waals surface area contributed by atoms with Gasteiger partial charge in [-0.3, -0.25) is 14.5 Å². The Morgan fingerprint density at radius 1 is 1.11 bits per heavy atom. The number of nitrogens with one attached hydrogen (secondary N) is 1. The van der Waals surface area contributed by atoms with Gasteiger partial charge in [-0.25, -0.2) is 0 Å². The quantitative estimate of drug-likeness (QED) is 0.778. The molecule has 0 unspecified atom stereocenters. The minimum absolute atomic E-state index is 0.0499. The highest BCUT2D eigenvalue weighted by Crippen LogP contribution is 2.47. The first-order valence-corrected chi connectivity index (χ1v) is 10.3. The SMILES string of the molecule is CC(C)NC(=O)C(=O)N1C[C@@H](c2ccc3c(c2)OCO3)[C@@H]2[C@H]1C1CCN2CC1. The normalized spacial score (nSPS) is 32.5. The van der Waals surface area contributed by atoms with Crippen molar-refractivity contribution >= 4 is 11.8 Å². The molecular weight excluding hydrogens is 358 g/mol. The fourth-order valence-corrected chi connectivity index (χ4v) is 5.55. The third-order valence-corrected chi connectivity index (χ3v) is 6.69. The van der Waals surface area contributed by atoms with Crippen LogP contribution in [0.3, 0.4) is 0 Å². The highest BCUT2D eigenvalue weighted by atomic mass is 16.7. The summed E-state index contributed by atoms with van der Waals surface area (Å²) in [6, 6.07) is 6.42. The van der Waals surface area contributed by atoms with Crippen molar-refractivity contribution in [3.63, 3.8) is 0 Å². The van der Waals surface area contributed by atoms with E-state index in [2.05, 4.69) is 22.3 Å². The van der Waals surface area contributed by atoms with E-state index in [0.29, 0.717) is 12.5 Å². The lowest BCUT2D eigenvalue weighted by atomic mass is 9.75. The number of carbonyl (C=O) groups is 2. The second-order valence-corrected chi connectivity index (χ2v) is 8.66. The molecule has 0 aliphatic carbocycles. The molecule has 7 heteroatoms. The zero-order chi connectivity index (χ0) is 19.4. The summed E-state index contributed by atoms with van der Waals surface area (Å²) in [7, 11) is 0. The molecule has 2 amide bonds. The van der Waals surface area contributed by atoms with E-state index in [0.717, 1.165) is 43.0 Å². The van der Waals surface area contributed by atoms with Gasteiger partial charge in [0.05, 0.1) is 6.04 Å². The lowest BCUT2D eigenvalue weighted by Crippen LogP contribution is -2.61. The zero-order valence-electron chi connectivity index (χ0n) is 16.4. The fraction of sp³-hybridized carbons (Fsp3) is 0.619. The van der Waals surface area contributed by atoms with Crippen LogP contribution in [0.5, 0.6) is 11.5 Å². The van der Waals surface area contributed by atoms with Crippen LogP contribution in [-0.4, -0.2) is 66.2 Å². The van der Waals surface area contributed by atoms with Crippen LogP contribution in [0.2, 0.25) is 0 Å². The topological polar surface area (TPSA) is 71.1 Å². The van der Waals surface area contributed by atoms with Crippen LogP contribution < -0.4 is 14.8 Å². The molecule has 1 N–H and O–H groups in total. The lowest BCUT2D eigenvalue weighted by molar-refractivity contribution is -0.149. The molecular formula is C21H27N3O4. The number of amides is 2. The molecule has 28 heavy (non-hydrogen) atoms. The summed E-state index contributed by atoms with van der Waals surface area (Å²) < 4.78 is 11.0. The van der Waals surface area contributed by atoms with Crippen molar-refractivity contribution in [2.75, 3.05) is 26.4 Å². The van der Waals surface area contributed by atoms with Gasteiger partial charge >= 0.3 is 11.8 Å². The molecule has 0 spiro atoms. The van der Waals surface area contributed by atoms with Gasteiger partial charge in [-0.1, -0.05) is 6.07 Å².